The van der Waals surface area contributed by atoms with Gasteiger partial charge in [0.05, 0.1) is 11.6 Å². The number of aromatic nitrogens is 2. The predicted octanol–water partition coefficient (Wildman–Crippen LogP) is 6.33. The molecule has 0 saturated carbocycles. The molecule has 3 rings (SSSR count). The van der Waals surface area contributed by atoms with E-state index in [1.807, 2.05) is 53.4 Å². The molecule has 0 atom stereocenters. The molecule has 0 aliphatic rings. The van der Waals surface area contributed by atoms with Gasteiger partial charge in [-0.05, 0) is 30.2 Å². The second-order valence-corrected chi connectivity index (χ2v) is 14.9. The molecule has 0 amide bonds. The van der Waals surface area contributed by atoms with E-state index in [2.05, 4.69) is 49.9 Å². The molecule has 168 valence electrons. The lowest BCUT2D eigenvalue weighted by atomic mass is 10.0. The molecule has 0 aliphatic carbocycles. The van der Waals surface area contributed by atoms with Crippen molar-refractivity contribution in [3.63, 3.8) is 0 Å². The maximum absolute atomic E-state index is 9.66. The van der Waals surface area contributed by atoms with Gasteiger partial charge < -0.3 is 19.4 Å². The minimum Gasteiger partial charge on any atom is -0.444 e. The lowest BCUT2D eigenvalue weighted by Crippen LogP contribution is -2.22. The van der Waals surface area contributed by atoms with Gasteiger partial charge in [0.15, 0.2) is 0 Å². The number of nitrogens with one attached hydrogen (secondary N) is 1. The summed E-state index contributed by atoms with van der Waals surface area (Å²) in [5.41, 5.74) is 2.62. The van der Waals surface area contributed by atoms with Crippen LogP contribution >= 0.6 is 0 Å². The summed E-state index contributed by atoms with van der Waals surface area (Å²) in [6.07, 6.45) is 5.38. The van der Waals surface area contributed by atoms with Gasteiger partial charge in [-0.15, -0.1) is 0 Å². The van der Waals surface area contributed by atoms with Crippen molar-refractivity contribution in [2.75, 3.05) is 11.9 Å². The zero-order chi connectivity index (χ0) is 23.1. The molecular weight excluding hydrogens is 416 g/mol. The number of hydrogen-bond donors (Lipinski definition) is 1. The number of benzene rings is 1. The van der Waals surface area contributed by atoms with Crippen molar-refractivity contribution in [1.29, 1.82) is 5.26 Å². The number of hydrogen-bond acceptors (Lipinski definition) is 5. The Morgan fingerprint density at radius 3 is 2.62 bits per heavy atom. The standard InChI is InChI=1S/C25H32N4O2Si/c1-19(2)23-17-28-25-22(11-12-29(25)18-30-13-14-32(3,4)5)24(23)31-21(15-26)16-27-20-9-7-6-8-10-20/h6-12,16-17,19,27H,13-14,18H2,1-5H3/b21-16+. The first-order chi connectivity index (χ1) is 15.3. The number of pyridine rings is 1. The Balaban J connectivity index is 1.84. The number of fused-ring (bicyclic) bond motifs is 1. The predicted molar refractivity (Wildman–Crippen MR) is 132 cm³/mol. The van der Waals surface area contributed by atoms with Gasteiger partial charge in [-0.1, -0.05) is 51.7 Å². The van der Waals surface area contributed by atoms with E-state index in [1.54, 1.807) is 6.20 Å². The molecule has 0 aliphatic heterocycles. The van der Waals surface area contributed by atoms with Gasteiger partial charge in [0, 0.05) is 38.3 Å². The molecule has 3 aromatic rings. The van der Waals surface area contributed by atoms with E-state index in [0.29, 0.717) is 12.5 Å². The SMILES string of the molecule is CC(C)c1cnc2c(ccn2COCC[Si](C)(C)C)c1O/C(C#N)=C/Nc1ccccc1. The topological polar surface area (TPSA) is 72.1 Å². The molecule has 2 aromatic heterocycles. The number of rotatable bonds is 10. The van der Waals surface area contributed by atoms with Crippen LogP contribution in [-0.2, 0) is 11.5 Å². The number of para-hydroxylation sites is 1. The van der Waals surface area contributed by atoms with E-state index in [4.69, 9.17) is 9.47 Å². The lowest BCUT2D eigenvalue weighted by molar-refractivity contribution is 0.0899. The molecule has 0 saturated heterocycles. The number of ether oxygens (including phenoxy) is 2. The summed E-state index contributed by atoms with van der Waals surface area (Å²) in [5.74, 6) is 1.04. The molecule has 0 spiro atoms. The van der Waals surface area contributed by atoms with Gasteiger partial charge in [0.25, 0.3) is 0 Å². The number of nitrogens with zero attached hydrogens (tertiary/aromatic N) is 3. The fraction of sp³-hybridized carbons (Fsp3) is 0.360. The average molecular weight is 449 g/mol. The van der Waals surface area contributed by atoms with Gasteiger partial charge in [-0.3, -0.25) is 0 Å². The third-order valence-corrected chi connectivity index (χ3v) is 6.79. The highest BCUT2D eigenvalue weighted by Gasteiger charge is 2.18. The molecular formula is C25H32N4O2Si. The van der Waals surface area contributed by atoms with E-state index < -0.39 is 8.07 Å². The Bertz CT molecular complexity index is 1110. The summed E-state index contributed by atoms with van der Waals surface area (Å²) >= 11 is 0. The molecule has 1 aromatic carbocycles. The summed E-state index contributed by atoms with van der Waals surface area (Å²) in [4.78, 5) is 4.67. The number of allylic oxidation sites excluding steroid dienone is 1. The van der Waals surface area contributed by atoms with Crippen molar-refractivity contribution in [3.05, 3.63) is 66.3 Å². The smallest absolute Gasteiger partial charge is 0.219 e. The maximum atomic E-state index is 9.66. The molecule has 1 N–H and O–H groups in total. The van der Waals surface area contributed by atoms with Crippen molar-refractivity contribution >= 4 is 24.8 Å². The highest BCUT2D eigenvalue weighted by Crippen LogP contribution is 2.35. The summed E-state index contributed by atoms with van der Waals surface area (Å²) < 4.78 is 14.0. The molecule has 7 heteroatoms. The van der Waals surface area contributed by atoms with Crippen LogP contribution in [0, 0.1) is 11.3 Å². The van der Waals surface area contributed by atoms with Crippen LogP contribution in [0.25, 0.3) is 11.0 Å². The van der Waals surface area contributed by atoms with Crippen LogP contribution in [0.15, 0.2) is 60.8 Å². The molecule has 0 bridgehead atoms. The molecule has 2 heterocycles. The molecule has 0 unspecified atom stereocenters. The number of anilines is 1. The van der Waals surface area contributed by atoms with Crippen molar-refractivity contribution in [1.82, 2.24) is 9.55 Å². The Hall–Kier alpha value is -3.08. The Morgan fingerprint density at radius 2 is 1.97 bits per heavy atom. The van der Waals surface area contributed by atoms with E-state index in [0.717, 1.165) is 34.9 Å². The normalized spacial score (nSPS) is 12.2. The first kappa shape index (κ1) is 23.6. The molecule has 0 radical (unpaired) electrons. The Labute approximate surface area is 191 Å². The van der Waals surface area contributed by atoms with Crippen LogP contribution in [0.4, 0.5) is 5.69 Å². The minimum absolute atomic E-state index is 0.183. The van der Waals surface area contributed by atoms with Crippen molar-refractivity contribution in [3.8, 4) is 11.8 Å². The molecule has 32 heavy (non-hydrogen) atoms. The van der Waals surface area contributed by atoms with Crippen molar-refractivity contribution in [2.45, 2.75) is 52.2 Å². The van der Waals surface area contributed by atoms with E-state index in [-0.39, 0.29) is 11.7 Å². The van der Waals surface area contributed by atoms with E-state index in [1.165, 1.54) is 0 Å². The van der Waals surface area contributed by atoms with Gasteiger partial charge in [0.1, 0.15) is 24.2 Å². The molecule has 0 fully saturated rings. The summed E-state index contributed by atoms with van der Waals surface area (Å²) in [6.45, 7) is 12.4. The quantitative estimate of drug-likeness (QED) is 0.170. The first-order valence-corrected chi connectivity index (χ1v) is 14.6. The van der Waals surface area contributed by atoms with E-state index >= 15 is 0 Å². The van der Waals surface area contributed by atoms with Crippen molar-refractivity contribution < 1.29 is 9.47 Å². The van der Waals surface area contributed by atoms with Gasteiger partial charge in [-0.2, -0.15) is 5.26 Å². The lowest BCUT2D eigenvalue weighted by Gasteiger charge is -2.16. The van der Waals surface area contributed by atoms with Gasteiger partial charge >= 0.3 is 0 Å². The Kier molecular flexibility index (Phi) is 7.73. The van der Waals surface area contributed by atoms with Crippen LogP contribution in [0.2, 0.25) is 25.7 Å². The largest absolute Gasteiger partial charge is 0.444 e. The Morgan fingerprint density at radius 1 is 1.22 bits per heavy atom. The average Bonchev–Trinajstić information content (AvgIpc) is 3.17. The summed E-state index contributed by atoms with van der Waals surface area (Å²) in [5, 5.41) is 13.6. The molecule has 6 nitrogen and oxygen atoms in total. The second kappa shape index (κ2) is 10.5. The zero-order valence-corrected chi connectivity index (χ0v) is 20.6. The highest BCUT2D eigenvalue weighted by molar-refractivity contribution is 6.76. The highest BCUT2D eigenvalue weighted by atomic mass is 28.3. The maximum Gasteiger partial charge on any atom is 0.219 e. The minimum atomic E-state index is -1.13. The second-order valence-electron chi connectivity index (χ2n) is 9.30. The fourth-order valence-corrected chi connectivity index (χ4v) is 3.94. The van der Waals surface area contributed by atoms with Crippen molar-refractivity contribution in [2.24, 2.45) is 0 Å². The number of nitriles is 1. The zero-order valence-electron chi connectivity index (χ0n) is 19.6. The van der Waals surface area contributed by atoms with Gasteiger partial charge in [0.2, 0.25) is 5.76 Å². The van der Waals surface area contributed by atoms with E-state index in [9.17, 15) is 5.26 Å². The third kappa shape index (κ3) is 6.22. The third-order valence-electron chi connectivity index (χ3n) is 5.08. The summed E-state index contributed by atoms with van der Waals surface area (Å²) in [7, 11) is -1.13. The van der Waals surface area contributed by atoms with Crippen LogP contribution < -0.4 is 10.1 Å². The first-order valence-electron chi connectivity index (χ1n) is 10.9. The van der Waals surface area contributed by atoms with Crippen LogP contribution in [0.1, 0.15) is 25.3 Å². The summed E-state index contributed by atoms with van der Waals surface area (Å²) in [6, 6.07) is 14.9. The monoisotopic (exact) mass is 448 g/mol. The van der Waals surface area contributed by atoms with Crippen LogP contribution in [-0.4, -0.2) is 24.2 Å². The van der Waals surface area contributed by atoms with Crippen LogP contribution in [0.5, 0.6) is 5.75 Å². The van der Waals surface area contributed by atoms with Gasteiger partial charge in [-0.25, -0.2) is 4.98 Å². The van der Waals surface area contributed by atoms with Crippen LogP contribution in [0.3, 0.4) is 0 Å². The fourth-order valence-electron chi connectivity index (χ4n) is 3.18.